The van der Waals surface area contributed by atoms with Crippen molar-refractivity contribution in [1.82, 2.24) is 0 Å². The van der Waals surface area contributed by atoms with Crippen LogP contribution in [0.15, 0.2) is 30.3 Å². The van der Waals surface area contributed by atoms with Gasteiger partial charge in [0.25, 0.3) is 0 Å². The van der Waals surface area contributed by atoms with Gasteiger partial charge in [-0.1, -0.05) is 24.3 Å². The van der Waals surface area contributed by atoms with Crippen molar-refractivity contribution >= 4 is 17.3 Å². The fourth-order valence-electron chi connectivity index (χ4n) is 4.40. The molecule has 0 amide bonds. The quantitative estimate of drug-likeness (QED) is 0.274. The highest BCUT2D eigenvalue weighted by Gasteiger charge is 2.35. The Bertz CT molecular complexity index is 961. The van der Waals surface area contributed by atoms with Gasteiger partial charge in [-0.05, 0) is 0 Å². The zero-order valence-electron chi connectivity index (χ0n) is 16.0. The fraction of sp³-hybridized carbons (Fsp3) is 0.364. The smallest absolute Gasteiger partial charge is 0.198 e. The number of nitrogens with one attached hydrogen (secondary N) is 1. The molecule has 3 N–H and O–H groups in total. The molecule has 1 aliphatic heterocycles. The number of ketones is 2. The fourth-order valence-corrected chi connectivity index (χ4v) is 4.40. The molecule has 146 valence electrons. The zero-order chi connectivity index (χ0) is 19.9. The Kier molecular flexibility index (Phi) is 4.59. The lowest BCUT2D eigenvalue weighted by molar-refractivity contribution is -0.897. The number of anilines is 1. The summed E-state index contributed by atoms with van der Waals surface area (Å²) in [5.74, 6) is -1.46. The normalized spacial score (nSPS) is 17.3. The number of likely N-dealkylation sites (tertiary alicyclic amines) is 1. The van der Waals surface area contributed by atoms with Crippen LogP contribution in [0.2, 0.25) is 0 Å². The van der Waals surface area contributed by atoms with Crippen LogP contribution < -0.4 is 5.32 Å². The minimum Gasteiger partial charge on any atom is -0.507 e. The van der Waals surface area contributed by atoms with E-state index in [0.717, 1.165) is 17.4 Å². The van der Waals surface area contributed by atoms with Gasteiger partial charge in [-0.3, -0.25) is 9.59 Å². The van der Waals surface area contributed by atoms with Gasteiger partial charge in [0.1, 0.15) is 5.75 Å². The van der Waals surface area contributed by atoms with Crippen molar-refractivity contribution < 1.29 is 24.3 Å². The summed E-state index contributed by atoms with van der Waals surface area (Å²) in [7, 11) is 2.26. The minimum absolute atomic E-state index is 0.121. The van der Waals surface area contributed by atoms with E-state index >= 15 is 0 Å². The Morgan fingerprint density at radius 2 is 1.61 bits per heavy atom. The van der Waals surface area contributed by atoms with Crippen LogP contribution >= 0.6 is 0 Å². The summed E-state index contributed by atoms with van der Waals surface area (Å²) in [5.41, 5.74) is 0.531. The number of phenols is 2. The molecular weight excluding hydrogens is 356 g/mol. The molecule has 6 heteroatoms. The summed E-state index contributed by atoms with van der Waals surface area (Å²) in [5, 5.41) is 24.2. The molecular formula is C22H25N2O4+. The molecule has 2 aromatic carbocycles. The van der Waals surface area contributed by atoms with Crippen LogP contribution in [-0.2, 0) is 0 Å². The first-order valence-electron chi connectivity index (χ1n) is 9.76. The molecule has 0 spiro atoms. The molecule has 2 aromatic rings. The van der Waals surface area contributed by atoms with Gasteiger partial charge in [0.2, 0.25) is 0 Å². The second-order valence-electron chi connectivity index (χ2n) is 8.02. The number of hydrogen-bond donors (Lipinski definition) is 3. The molecule has 1 aliphatic carbocycles. The van der Waals surface area contributed by atoms with Gasteiger partial charge in [-0.25, -0.2) is 0 Å². The molecule has 28 heavy (non-hydrogen) atoms. The molecule has 1 heterocycles. The maximum atomic E-state index is 12.9. The lowest BCUT2D eigenvalue weighted by Crippen LogP contribution is -2.42. The predicted octanol–water partition coefficient (Wildman–Crippen LogP) is 2.92. The number of benzene rings is 2. The number of nitrogens with zero attached hydrogens (tertiary/aromatic N) is 1. The number of phenolic OH excluding ortho intramolecular Hbond substituents is 2. The first-order valence-corrected chi connectivity index (χ1v) is 9.76. The summed E-state index contributed by atoms with van der Waals surface area (Å²) in [6, 6.07) is 7.80. The highest BCUT2D eigenvalue weighted by Crippen LogP contribution is 2.42. The number of fused-ring (bicyclic) bond motifs is 2. The summed E-state index contributed by atoms with van der Waals surface area (Å²) in [6.45, 7) is 4.04. The highest BCUT2D eigenvalue weighted by atomic mass is 16.3. The number of hydrogen-bond acceptors (Lipinski definition) is 5. The van der Waals surface area contributed by atoms with Crippen LogP contribution in [0, 0.1) is 0 Å². The van der Waals surface area contributed by atoms with Crippen molar-refractivity contribution in [2.75, 3.05) is 38.5 Å². The van der Waals surface area contributed by atoms with Gasteiger partial charge in [0, 0.05) is 43.0 Å². The van der Waals surface area contributed by atoms with Crippen LogP contribution in [0.4, 0.5) is 5.69 Å². The molecule has 0 bridgehead atoms. The molecule has 0 unspecified atom stereocenters. The first kappa shape index (κ1) is 18.5. The monoisotopic (exact) mass is 381 g/mol. The lowest BCUT2D eigenvalue weighted by atomic mass is 9.82. The van der Waals surface area contributed by atoms with E-state index in [2.05, 4.69) is 12.4 Å². The van der Waals surface area contributed by atoms with Crippen LogP contribution in [0.25, 0.3) is 0 Å². The van der Waals surface area contributed by atoms with E-state index in [9.17, 15) is 19.8 Å². The molecule has 4 rings (SSSR count). The van der Waals surface area contributed by atoms with Crippen molar-refractivity contribution in [2.45, 2.75) is 19.3 Å². The topological polar surface area (TPSA) is 86.6 Å². The van der Waals surface area contributed by atoms with E-state index in [1.165, 1.54) is 32.0 Å². The van der Waals surface area contributed by atoms with E-state index < -0.39 is 11.6 Å². The van der Waals surface area contributed by atoms with Crippen LogP contribution in [0.5, 0.6) is 11.5 Å². The third-order valence-electron chi connectivity index (χ3n) is 5.99. The Hall–Kier alpha value is -2.86. The van der Waals surface area contributed by atoms with Gasteiger partial charge in [0.15, 0.2) is 17.3 Å². The summed E-state index contributed by atoms with van der Waals surface area (Å²) in [4.78, 5) is 25.6. The van der Waals surface area contributed by atoms with Gasteiger partial charge >= 0.3 is 0 Å². The van der Waals surface area contributed by atoms with Crippen molar-refractivity contribution in [3.63, 3.8) is 0 Å². The van der Waals surface area contributed by atoms with Gasteiger partial charge in [-0.2, -0.15) is 0 Å². The Balaban J connectivity index is 1.57. The van der Waals surface area contributed by atoms with Gasteiger partial charge in [0.05, 0.1) is 43.5 Å². The third-order valence-corrected chi connectivity index (χ3v) is 5.99. The highest BCUT2D eigenvalue weighted by molar-refractivity contribution is 6.30. The van der Waals surface area contributed by atoms with Crippen molar-refractivity contribution in [1.29, 1.82) is 0 Å². The van der Waals surface area contributed by atoms with E-state index in [1.54, 1.807) is 24.3 Å². The maximum Gasteiger partial charge on any atom is 0.198 e. The van der Waals surface area contributed by atoms with Crippen molar-refractivity contribution in [3.8, 4) is 11.5 Å². The molecule has 1 fully saturated rings. The van der Waals surface area contributed by atoms with Gasteiger partial charge < -0.3 is 20.0 Å². The molecule has 0 aromatic heterocycles. The summed E-state index contributed by atoms with van der Waals surface area (Å²) in [6.07, 6.45) is 3.44. The zero-order valence-corrected chi connectivity index (χ0v) is 16.0. The van der Waals surface area contributed by atoms with E-state index in [0.29, 0.717) is 6.54 Å². The van der Waals surface area contributed by atoms with Crippen LogP contribution in [0.3, 0.4) is 0 Å². The number of quaternary nitrogens is 1. The number of rotatable bonds is 5. The second kappa shape index (κ2) is 6.95. The van der Waals surface area contributed by atoms with E-state index in [4.69, 9.17) is 0 Å². The first-order chi connectivity index (χ1) is 13.4. The average molecular weight is 381 g/mol. The number of carbonyl (C=O) groups excluding carboxylic acids is 2. The van der Waals surface area contributed by atoms with Crippen molar-refractivity contribution in [2.24, 2.45) is 0 Å². The third kappa shape index (κ3) is 3.03. The number of carbonyl (C=O) groups is 2. The molecule has 0 atom stereocenters. The van der Waals surface area contributed by atoms with Crippen LogP contribution in [0.1, 0.15) is 51.1 Å². The Labute approximate surface area is 164 Å². The van der Waals surface area contributed by atoms with Crippen molar-refractivity contribution in [3.05, 3.63) is 52.6 Å². The summed E-state index contributed by atoms with van der Waals surface area (Å²) >= 11 is 0. The second-order valence-corrected chi connectivity index (χ2v) is 8.02. The van der Waals surface area contributed by atoms with E-state index in [-0.39, 0.29) is 39.4 Å². The standard InChI is InChI=1S/C22H24N2O4/c1-24(10-4-5-11-24)12-6-9-23-16-13-17(25)18-19(22(16)28)21(27)15-8-3-2-7-14(15)20(18)26/h2-3,7-8,13H,4-6,9-12H2,1H3,(H2-,23,25,26,27,28)/p+1. The van der Waals surface area contributed by atoms with Crippen LogP contribution in [-0.4, -0.2) is 59.5 Å². The molecule has 1 saturated heterocycles. The molecule has 6 nitrogen and oxygen atoms in total. The Morgan fingerprint density at radius 3 is 2.25 bits per heavy atom. The number of aromatic hydroxyl groups is 2. The van der Waals surface area contributed by atoms with Gasteiger partial charge in [-0.15, -0.1) is 0 Å². The van der Waals surface area contributed by atoms with E-state index in [1.807, 2.05) is 0 Å². The largest absolute Gasteiger partial charge is 0.507 e. The lowest BCUT2D eigenvalue weighted by Gasteiger charge is -2.29. The summed E-state index contributed by atoms with van der Waals surface area (Å²) < 4.78 is 1.06. The maximum absolute atomic E-state index is 12.9. The minimum atomic E-state index is -0.448. The molecule has 2 aliphatic rings. The molecule has 0 saturated carbocycles. The molecule has 0 radical (unpaired) electrons. The average Bonchev–Trinajstić information content (AvgIpc) is 3.12. The SMILES string of the molecule is C[N+]1(CCCNc2cc(O)c3c(c2O)C(=O)c2ccccc2C3=O)CCCC1. The predicted molar refractivity (Wildman–Crippen MR) is 106 cm³/mol. The Morgan fingerprint density at radius 1 is 1.00 bits per heavy atom.